The van der Waals surface area contributed by atoms with Gasteiger partial charge >= 0.3 is 11.8 Å². The lowest BCUT2D eigenvalue weighted by molar-refractivity contribution is -0.136. The highest BCUT2D eigenvalue weighted by Gasteiger charge is 2.24. The second kappa shape index (κ2) is 8.11. The Hall–Kier alpha value is -1.88. The van der Waals surface area contributed by atoms with Crippen LogP contribution in [0.15, 0.2) is 24.3 Å². The first-order valence-corrected chi connectivity index (χ1v) is 8.34. The molecule has 0 radical (unpaired) electrons. The molecule has 5 nitrogen and oxygen atoms in total. The lowest BCUT2D eigenvalue weighted by atomic mass is 9.86. The maximum absolute atomic E-state index is 12.0. The number of aliphatic hydroxyl groups is 1. The van der Waals surface area contributed by atoms with Crippen LogP contribution < -0.4 is 10.6 Å². The van der Waals surface area contributed by atoms with Crippen molar-refractivity contribution < 1.29 is 14.7 Å². The molecule has 5 heteroatoms. The van der Waals surface area contributed by atoms with E-state index in [1.807, 2.05) is 18.2 Å². The molecule has 2 atom stereocenters. The molecule has 1 aromatic carbocycles. The van der Waals surface area contributed by atoms with Crippen LogP contribution in [0.4, 0.5) is 5.69 Å². The van der Waals surface area contributed by atoms with Gasteiger partial charge in [0.05, 0.1) is 6.10 Å². The summed E-state index contributed by atoms with van der Waals surface area (Å²) in [4.78, 5) is 23.9. The summed E-state index contributed by atoms with van der Waals surface area (Å²) < 4.78 is 0. The van der Waals surface area contributed by atoms with Crippen LogP contribution in [0.3, 0.4) is 0 Å². The quantitative estimate of drug-likeness (QED) is 0.746. The molecule has 1 aliphatic rings. The van der Waals surface area contributed by atoms with Gasteiger partial charge in [-0.15, -0.1) is 0 Å². The molecule has 0 heterocycles. The van der Waals surface area contributed by atoms with Crippen molar-refractivity contribution in [2.75, 3.05) is 11.9 Å². The number of nitrogens with one attached hydrogen (secondary N) is 2. The predicted octanol–water partition coefficient (Wildman–Crippen LogP) is 2.42. The van der Waals surface area contributed by atoms with Crippen molar-refractivity contribution >= 4 is 17.5 Å². The van der Waals surface area contributed by atoms with Crippen LogP contribution in [0, 0.1) is 5.92 Å². The normalized spacial score (nSPS) is 21.0. The molecule has 0 saturated heterocycles. The van der Waals surface area contributed by atoms with E-state index in [1.165, 1.54) is 0 Å². The molecule has 0 spiro atoms. The molecule has 126 valence electrons. The number of hydrogen-bond acceptors (Lipinski definition) is 3. The van der Waals surface area contributed by atoms with Crippen LogP contribution in [0.2, 0.25) is 0 Å². The minimum Gasteiger partial charge on any atom is -0.393 e. The minimum absolute atomic E-state index is 0.0461. The van der Waals surface area contributed by atoms with Crippen molar-refractivity contribution in [2.24, 2.45) is 5.92 Å². The summed E-state index contributed by atoms with van der Waals surface area (Å²) in [7, 11) is 0. The molecule has 2 rings (SSSR count). The average Bonchev–Trinajstić information content (AvgIpc) is 2.54. The zero-order chi connectivity index (χ0) is 16.8. The van der Waals surface area contributed by atoms with Gasteiger partial charge in [-0.3, -0.25) is 9.59 Å². The Balaban J connectivity index is 1.85. The number of carbonyl (C=O) groups is 2. The largest absolute Gasteiger partial charge is 0.393 e. The summed E-state index contributed by atoms with van der Waals surface area (Å²) >= 11 is 0. The molecule has 0 bridgehead atoms. The van der Waals surface area contributed by atoms with Gasteiger partial charge in [-0.2, -0.15) is 0 Å². The van der Waals surface area contributed by atoms with E-state index in [2.05, 4.69) is 24.5 Å². The van der Waals surface area contributed by atoms with Gasteiger partial charge < -0.3 is 15.7 Å². The van der Waals surface area contributed by atoms with Gasteiger partial charge in [0.2, 0.25) is 0 Å². The zero-order valence-electron chi connectivity index (χ0n) is 13.8. The smallest absolute Gasteiger partial charge is 0.313 e. The highest BCUT2D eigenvalue weighted by Crippen LogP contribution is 2.23. The SMILES string of the molecule is CC(C)c1cccc(NC(=O)C(=O)NCC2CCCCC2O)c1. The van der Waals surface area contributed by atoms with E-state index in [1.54, 1.807) is 6.07 Å². The van der Waals surface area contributed by atoms with E-state index in [0.717, 1.165) is 31.2 Å². The third-order valence-electron chi connectivity index (χ3n) is 4.41. The van der Waals surface area contributed by atoms with Gasteiger partial charge in [-0.1, -0.05) is 38.8 Å². The second-order valence-corrected chi connectivity index (χ2v) is 6.56. The van der Waals surface area contributed by atoms with Gasteiger partial charge in [0.15, 0.2) is 0 Å². The number of anilines is 1. The standard InChI is InChI=1S/C18H26N2O3/c1-12(2)13-7-5-8-15(10-13)20-18(23)17(22)19-11-14-6-3-4-9-16(14)21/h5,7-8,10,12,14,16,21H,3-4,6,9,11H2,1-2H3,(H,19,22)(H,20,23). The summed E-state index contributed by atoms with van der Waals surface area (Å²) in [6.07, 6.45) is 3.37. The molecule has 2 amide bonds. The van der Waals surface area contributed by atoms with E-state index < -0.39 is 11.8 Å². The fourth-order valence-electron chi connectivity index (χ4n) is 2.89. The first-order chi connectivity index (χ1) is 11.0. The van der Waals surface area contributed by atoms with Gasteiger partial charge in [-0.05, 0) is 36.5 Å². The molecule has 3 N–H and O–H groups in total. The fourth-order valence-corrected chi connectivity index (χ4v) is 2.89. The summed E-state index contributed by atoms with van der Waals surface area (Å²) in [6.45, 7) is 4.49. The highest BCUT2D eigenvalue weighted by molar-refractivity contribution is 6.39. The zero-order valence-corrected chi connectivity index (χ0v) is 13.8. The van der Waals surface area contributed by atoms with E-state index in [0.29, 0.717) is 18.2 Å². The molecule has 0 aliphatic heterocycles. The summed E-state index contributed by atoms with van der Waals surface area (Å²) in [6, 6.07) is 7.49. The number of rotatable bonds is 4. The third-order valence-corrected chi connectivity index (χ3v) is 4.41. The first kappa shape index (κ1) is 17.5. The van der Waals surface area contributed by atoms with Crippen LogP contribution >= 0.6 is 0 Å². The van der Waals surface area contributed by atoms with E-state index in [4.69, 9.17) is 0 Å². The van der Waals surface area contributed by atoms with Crippen molar-refractivity contribution in [3.05, 3.63) is 29.8 Å². The van der Waals surface area contributed by atoms with Crippen molar-refractivity contribution in [1.29, 1.82) is 0 Å². The first-order valence-electron chi connectivity index (χ1n) is 8.34. The van der Waals surface area contributed by atoms with Crippen LogP contribution in [-0.4, -0.2) is 29.6 Å². The Morgan fingerprint density at radius 2 is 1.96 bits per heavy atom. The molecular weight excluding hydrogens is 292 g/mol. The highest BCUT2D eigenvalue weighted by atomic mass is 16.3. The van der Waals surface area contributed by atoms with E-state index in [9.17, 15) is 14.7 Å². The number of hydrogen-bond donors (Lipinski definition) is 3. The van der Waals surface area contributed by atoms with Crippen LogP contribution in [0.1, 0.15) is 51.0 Å². The van der Waals surface area contributed by atoms with Gasteiger partial charge in [0, 0.05) is 18.2 Å². The monoisotopic (exact) mass is 318 g/mol. The Morgan fingerprint density at radius 3 is 2.65 bits per heavy atom. The maximum Gasteiger partial charge on any atom is 0.313 e. The van der Waals surface area contributed by atoms with Gasteiger partial charge in [0.25, 0.3) is 0 Å². The van der Waals surface area contributed by atoms with Crippen LogP contribution in [-0.2, 0) is 9.59 Å². The van der Waals surface area contributed by atoms with E-state index in [-0.39, 0.29) is 12.0 Å². The van der Waals surface area contributed by atoms with Crippen molar-refractivity contribution in [3.63, 3.8) is 0 Å². The molecule has 1 aromatic rings. The Bertz CT molecular complexity index is 557. The van der Waals surface area contributed by atoms with Gasteiger partial charge in [0.1, 0.15) is 0 Å². The summed E-state index contributed by atoms with van der Waals surface area (Å²) in [5.41, 5.74) is 1.72. The predicted molar refractivity (Wildman–Crippen MR) is 90.1 cm³/mol. The van der Waals surface area contributed by atoms with Crippen molar-refractivity contribution in [1.82, 2.24) is 5.32 Å². The topological polar surface area (TPSA) is 78.4 Å². The molecular formula is C18H26N2O3. The maximum atomic E-state index is 12.0. The summed E-state index contributed by atoms with van der Waals surface area (Å²) in [5.74, 6) is -0.924. The van der Waals surface area contributed by atoms with Crippen LogP contribution in [0.5, 0.6) is 0 Å². The second-order valence-electron chi connectivity index (χ2n) is 6.56. The molecule has 23 heavy (non-hydrogen) atoms. The Kier molecular flexibility index (Phi) is 6.16. The Morgan fingerprint density at radius 1 is 1.22 bits per heavy atom. The number of carbonyl (C=O) groups excluding carboxylic acids is 2. The number of amides is 2. The fraction of sp³-hybridized carbons (Fsp3) is 0.556. The third kappa shape index (κ3) is 5.06. The average molecular weight is 318 g/mol. The number of aliphatic hydroxyl groups excluding tert-OH is 1. The Labute approximate surface area is 137 Å². The van der Waals surface area contributed by atoms with Gasteiger partial charge in [-0.25, -0.2) is 0 Å². The van der Waals surface area contributed by atoms with Crippen molar-refractivity contribution in [2.45, 2.75) is 51.6 Å². The lowest BCUT2D eigenvalue weighted by Crippen LogP contribution is -2.41. The summed E-state index contributed by atoms with van der Waals surface area (Å²) in [5, 5.41) is 15.1. The molecule has 1 saturated carbocycles. The number of benzene rings is 1. The molecule has 2 unspecified atom stereocenters. The minimum atomic E-state index is -0.670. The van der Waals surface area contributed by atoms with Crippen LogP contribution in [0.25, 0.3) is 0 Å². The molecule has 1 aliphatic carbocycles. The van der Waals surface area contributed by atoms with Crippen molar-refractivity contribution in [3.8, 4) is 0 Å². The molecule has 0 aromatic heterocycles. The van der Waals surface area contributed by atoms with E-state index >= 15 is 0 Å². The lowest BCUT2D eigenvalue weighted by Gasteiger charge is -2.27. The molecule has 1 fully saturated rings.